The molecule has 4 rings (SSSR count). The number of benzene rings is 2. The quantitative estimate of drug-likeness (QED) is 0.421. The van der Waals surface area contributed by atoms with Crippen LogP contribution in [-0.2, 0) is 21.2 Å². The van der Waals surface area contributed by atoms with Gasteiger partial charge in [0.05, 0.1) is 4.90 Å². The largest absolute Gasteiger partial charge is 0.441 e. The zero-order valence-corrected chi connectivity index (χ0v) is 20.5. The summed E-state index contributed by atoms with van der Waals surface area (Å²) >= 11 is 0. The Balaban J connectivity index is 1.24. The van der Waals surface area contributed by atoms with Crippen LogP contribution in [0.15, 0.2) is 51.8 Å². The Hall–Kier alpha value is -3.40. The Kier molecular flexibility index (Phi) is 7.70. The molecule has 0 radical (unpaired) electrons. The number of nitrogens with one attached hydrogen (secondary N) is 3. The highest BCUT2D eigenvalue weighted by Gasteiger charge is 2.21. The normalized spacial score (nSPS) is 14.5. The van der Waals surface area contributed by atoms with Gasteiger partial charge in [-0.2, -0.15) is 0 Å². The molecule has 3 amide bonds. The van der Waals surface area contributed by atoms with E-state index in [1.807, 2.05) is 25.1 Å². The second-order valence-electron chi connectivity index (χ2n) is 8.92. The highest BCUT2D eigenvalue weighted by molar-refractivity contribution is 7.90. The fourth-order valence-corrected chi connectivity index (χ4v) is 5.09. The van der Waals surface area contributed by atoms with Crippen molar-refractivity contribution in [1.82, 2.24) is 15.0 Å². The number of nitrogens with zero attached hydrogens (tertiary/aromatic N) is 1. The number of oxazole rings is 1. The smallest absolute Gasteiger partial charge is 0.328 e. The van der Waals surface area contributed by atoms with Gasteiger partial charge in [-0.25, -0.2) is 22.9 Å². The Morgan fingerprint density at radius 3 is 2.54 bits per heavy atom. The van der Waals surface area contributed by atoms with Gasteiger partial charge in [0.15, 0.2) is 11.5 Å². The molecule has 0 aliphatic heterocycles. The Morgan fingerprint density at radius 2 is 1.80 bits per heavy atom. The van der Waals surface area contributed by atoms with Crippen molar-refractivity contribution in [2.45, 2.75) is 69.2 Å². The van der Waals surface area contributed by atoms with E-state index >= 15 is 0 Å². The molecule has 1 fully saturated rings. The van der Waals surface area contributed by atoms with Crippen LogP contribution in [0, 0.1) is 6.92 Å². The molecule has 0 spiro atoms. The number of carbonyl (C=O) groups excluding carboxylic acids is 2. The van der Waals surface area contributed by atoms with Crippen LogP contribution in [0.2, 0.25) is 0 Å². The molecule has 1 aliphatic rings. The van der Waals surface area contributed by atoms with Gasteiger partial charge < -0.3 is 15.1 Å². The average molecular weight is 499 g/mol. The summed E-state index contributed by atoms with van der Waals surface area (Å²) in [5, 5.41) is 5.48. The lowest BCUT2D eigenvalue weighted by Crippen LogP contribution is -2.45. The van der Waals surface area contributed by atoms with E-state index in [0.29, 0.717) is 24.4 Å². The first-order valence-electron chi connectivity index (χ1n) is 11.9. The number of anilines is 1. The molecule has 3 N–H and O–H groups in total. The summed E-state index contributed by atoms with van der Waals surface area (Å²) in [6.45, 7) is 1.99. The summed E-state index contributed by atoms with van der Waals surface area (Å²) in [6.07, 6.45) is 6.27. The first-order chi connectivity index (χ1) is 16.8. The van der Waals surface area contributed by atoms with Crippen molar-refractivity contribution in [2.24, 2.45) is 0 Å². The van der Waals surface area contributed by atoms with Crippen molar-refractivity contribution in [2.75, 3.05) is 5.32 Å². The number of urea groups is 1. The first-order valence-corrected chi connectivity index (χ1v) is 13.4. The molecule has 1 aliphatic carbocycles. The van der Waals surface area contributed by atoms with E-state index in [9.17, 15) is 18.0 Å². The van der Waals surface area contributed by atoms with E-state index in [4.69, 9.17) is 4.42 Å². The molecule has 3 aromatic rings. The lowest BCUT2D eigenvalue weighted by atomic mass is 9.96. The van der Waals surface area contributed by atoms with E-state index in [-0.39, 0.29) is 23.3 Å². The van der Waals surface area contributed by atoms with Crippen molar-refractivity contribution in [3.8, 4) is 0 Å². The summed E-state index contributed by atoms with van der Waals surface area (Å²) < 4.78 is 32.8. The summed E-state index contributed by atoms with van der Waals surface area (Å²) in [5.41, 5.74) is 3.11. The molecule has 0 atom stereocenters. The summed E-state index contributed by atoms with van der Waals surface area (Å²) in [7, 11) is -4.01. The van der Waals surface area contributed by atoms with Crippen molar-refractivity contribution in [3.05, 3.63) is 53.9 Å². The van der Waals surface area contributed by atoms with E-state index in [1.54, 1.807) is 0 Å². The number of rotatable bonds is 8. The zero-order chi connectivity index (χ0) is 24.8. The molecule has 9 nitrogen and oxygen atoms in total. The lowest BCUT2D eigenvalue weighted by Gasteiger charge is -2.22. The number of amides is 3. The highest BCUT2D eigenvalue weighted by atomic mass is 32.2. The van der Waals surface area contributed by atoms with E-state index in [2.05, 4.69) is 20.3 Å². The van der Waals surface area contributed by atoms with Crippen LogP contribution in [0.25, 0.3) is 11.1 Å². The summed E-state index contributed by atoms with van der Waals surface area (Å²) in [5.74, 6) is 0.394. The third-order valence-corrected chi connectivity index (χ3v) is 7.34. The summed E-state index contributed by atoms with van der Waals surface area (Å²) in [4.78, 5) is 28.8. The maximum Gasteiger partial charge on any atom is 0.328 e. The zero-order valence-electron chi connectivity index (χ0n) is 19.7. The molecular formula is C25H30N4O5S. The molecule has 1 heterocycles. The van der Waals surface area contributed by atoms with Crippen LogP contribution in [-0.4, -0.2) is 31.4 Å². The number of hydrogen-bond acceptors (Lipinski definition) is 6. The predicted molar refractivity (Wildman–Crippen MR) is 132 cm³/mol. The van der Waals surface area contributed by atoms with Crippen molar-refractivity contribution in [1.29, 1.82) is 0 Å². The fourth-order valence-electron chi connectivity index (χ4n) is 4.18. The Labute approximate surface area is 204 Å². The number of fused-ring (bicyclic) bond motifs is 1. The number of sulfonamides is 1. The number of aryl methyl sites for hydroxylation is 2. The minimum atomic E-state index is -4.01. The van der Waals surface area contributed by atoms with Gasteiger partial charge in [-0.3, -0.25) is 4.79 Å². The first kappa shape index (κ1) is 24.7. The van der Waals surface area contributed by atoms with Gasteiger partial charge in [-0.1, -0.05) is 25.3 Å². The van der Waals surface area contributed by atoms with Gasteiger partial charge in [-0.05, 0) is 68.1 Å². The van der Waals surface area contributed by atoms with Gasteiger partial charge in [-0.15, -0.1) is 0 Å². The molecule has 186 valence electrons. The Morgan fingerprint density at radius 1 is 1.06 bits per heavy atom. The molecule has 2 aromatic carbocycles. The molecule has 1 saturated carbocycles. The van der Waals surface area contributed by atoms with Gasteiger partial charge >= 0.3 is 6.03 Å². The molecular weight excluding hydrogens is 468 g/mol. The molecule has 0 saturated heterocycles. The highest BCUT2D eigenvalue weighted by Crippen LogP contribution is 2.19. The SMILES string of the molecule is Cc1ccc2oc(CCCC(=O)Nc3ccc(S(=O)(=O)NC(=O)NC4CCCCC4)cc3)nc2c1. The lowest BCUT2D eigenvalue weighted by molar-refractivity contribution is -0.116. The van der Waals surface area contributed by atoms with Crippen molar-refractivity contribution < 1.29 is 22.4 Å². The van der Waals surface area contributed by atoms with Crippen LogP contribution in [0.4, 0.5) is 10.5 Å². The van der Waals surface area contributed by atoms with Crippen LogP contribution >= 0.6 is 0 Å². The van der Waals surface area contributed by atoms with E-state index in [1.165, 1.54) is 24.3 Å². The molecule has 0 unspecified atom stereocenters. The maximum absolute atomic E-state index is 12.5. The van der Waals surface area contributed by atoms with Crippen LogP contribution in [0.3, 0.4) is 0 Å². The topological polar surface area (TPSA) is 130 Å². The van der Waals surface area contributed by atoms with Crippen LogP contribution in [0.5, 0.6) is 0 Å². The standard InChI is InChI=1S/C25H30N4O5S/c1-17-10-15-22-21(16-17)28-24(34-22)9-5-8-23(30)26-19-11-13-20(14-12-19)35(32,33)29-25(31)27-18-6-3-2-4-7-18/h10-16,18H,2-9H2,1H3,(H,26,30)(H2,27,29,31). The molecule has 1 aromatic heterocycles. The van der Waals surface area contributed by atoms with Crippen molar-refractivity contribution in [3.63, 3.8) is 0 Å². The van der Waals surface area contributed by atoms with E-state index in [0.717, 1.165) is 48.8 Å². The maximum atomic E-state index is 12.5. The predicted octanol–water partition coefficient (Wildman–Crippen LogP) is 4.42. The van der Waals surface area contributed by atoms with Gasteiger partial charge in [0.25, 0.3) is 10.0 Å². The van der Waals surface area contributed by atoms with E-state index < -0.39 is 16.1 Å². The van der Waals surface area contributed by atoms with Crippen LogP contribution in [0.1, 0.15) is 56.4 Å². The van der Waals surface area contributed by atoms with Crippen molar-refractivity contribution >= 4 is 38.7 Å². The third kappa shape index (κ3) is 6.82. The second-order valence-corrected chi connectivity index (χ2v) is 10.6. The minimum Gasteiger partial charge on any atom is -0.441 e. The minimum absolute atomic E-state index is 0.00311. The third-order valence-electron chi connectivity index (χ3n) is 6.00. The van der Waals surface area contributed by atoms with Gasteiger partial charge in [0.2, 0.25) is 5.91 Å². The average Bonchev–Trinajstić information content (AvgIpc) is 3.21. The van der Waals surface area contributed by atoms with Crippen LogP contribution < -0.4 is 15.4 Å². The molecule has 35 heavy (non-hydrogen) atoms. The number of carbonyl (C=O) groups is 2. The monoisotopic (exact) mass is 498 g/mol. The molecule has 0 bridgehead atoms. The Bertz CT molecular complexity index is 1300. The summed E-state index contributed by atoms with van der Waals surface area (Å²) in [6, 6.07) is 10.8. The van der Waals surface area contributed by atoms with Gasteiger partial charge in [0.1, 0.15) is 5.52 Å². The second kappa shape index (κ2) is 10.9. The number of aromatic nitrogens is 1. The fraction of sp³-hybridized carbons (Fsp3) is 0.400. The number of hydrogen-bond donors (Lipinski definition) is 3. The van der Waals surface area contributed by atoms with Gasteiger partial charge in [0, 0.05) is 24.6 Å². The molecule has 10 heteroatoms.